The normalized spacial score (nSPS) is 16.8. The van der Waals surface area contributed by atoms with Crippen LogP contribution in [0.3, 0.4) is 0 Å². The van der Waals surface area contributed by atoms with Crippen molar-refractivity contribution in [1.29, 1.82) is 0 Å². The van der Waals surface area contributed by atoms with Gasteiger partial charge in [0.05, 0.1) is 6.54 Å². The lowest BCUT2D eigenvalue weighted by molar-refractivity contribution is -0.149. The van der Waals surface area contributed by atoms with Gasteiger partial charge in [-0.25, -0.2) is 0 Å². The molecular weight excluding hydrogens is 205 g/mol. The van der Waals surface area contributed by atoms with Crippen LogP contribution in [0.25, 0.3) is 0 Å². The van der Waals surface area contributed by atoms with Crippen LogP contribution < -0.4 is 5.73 Å². The Balaban J connectivity index is 4.27. The second-order valence-corrected chi connectivity index (χ2v) is 4.10. The summed E-state index contributed by atoms with van der Waals surface area (Å²) in [6.07, 6.45) is -2.27. The Kier molecular flexibility index (Phi) is 6.20. The average Bonchev–Trinajstić information content (AvgIpc) is 2.02. The number of rotatable bonds is 6. The zero-order valence-corrected chi connectivity index (χ0v) is 9.64. The molecular formula is C10H21F3N2. The summed E-state index contributed by atoms with van der Waals surface area (Å²) in [7, 11) is 1.48. The van der Waals surface area contributed by atoms with Gasteiger partial charge in [0.15, 0.2) is 0 Å². The zero-order valence-electron chi connectivity index (χ0n) is 9.64. The van der Waals surface area contributed by atoms with Gasteiger partial charge in [0.2, 0.25) is 0 Å². The first-order valence-electron chi connectivity index (χ1n) is 5.28. The van der Waals surface area contributed by atoms with E-state index in [0.717, 1.165) is 12.8 Å². The molecule has 92 valence electrons. The second kappa shape index (κ2) is 6.33. The van der Waals surface area contributed by atoms with E-state index in [0.29, 0.717) is 0 Å². The van der Waals surface area contributed by atoms with Gasteiger partial charge < -0.3 is 5.73 Å². The summed E-state index contributed by atoms with van der Waals surface area (Å²) in [5.74, 6) is 0.201. The van der Waals surface area contributed by atoms with Gasteiger partial charge in [0.1, 0.15) is 0 Å². The molecule has 0 rings (SSSR count). The predicted octanol–water partition coefficient (Wildman–Crippen LogP) is 2.24. The number of nitrogens with zero attached hydrogens (tertiary/aromatic N) is 1. The maximum Gasteiger partial charge on any atom is 0.401 e. The van der Waals surface area contributed by atoms with Crippen molar-refractivity contribution in [3.63, 3.8) is 0 Å². The second-order valence-electron chi connectivity index (χ2n) is 4.10. The number of halogens is 3. The van der Waals surface area contributed by atoms with Crippen molar-refractivity contribution in [2.24, 2.45) is 11.7 Å². The van der Waals surface area contributed by atoms with Crippen molar-refractivity contribution in [2.75, 3.05) is 20.1 Å². The van der Waals surface area contributed by atoms with E-state index in [4.69, 9.17) is 5.73 Å². The molecule has 0 heterocycles. The van der Waals surface area contributed by atoms with Crippen molar-refractivity contribution in [3.8, 4) is 0 Å². The SMILES string of the molecule is CCCC(C)C(CN)N(C)CC(F)(F)F. The summed E-state index contributed by atoms with van der Waals surface area (Å²) in [6, 6.07) is -0.188. The molecule has 0 saturated carbocycles. The van der Waals surface area contributed by atoms with Crippen LogP contribution in [0.2, 0.25) is 0 Å². The topological polar surface area (TPSA) is 29.3 Å². The van der Waals surface area contributed by atoms with E-state index in [2.05, 4.69) is 0 Å². The fourth-order valence-electron chi connectivity index (χ4n) is 1.89. The van der Waals surface area contributed by atoms with Crippen molar-refractivity contribution in [1.82, 2.24) is 4.90 Å². The maximum absolute atomic E-state index is 12.2. The summed E-state index contributed by atoms with van der Waals surface area (Å²) in [5, 5.41) is 0. The quantitative estimate of drug-likeness (QED) is 0.752. The molecule has 0 aromatic heterocycles. The van der Waals surface area contributed by atoms with E-state index in [9.17, 15) is 13.2 Å². The Morgan fingerprint density at radius 1 is 1.33 bits per heavy atom. The lowest BCUT2D eigenvalue weighted by Crippen LogP contribution is -2.46. The number of likely N-dealkylation sites (N-methyl/N-ethyl adjacent to an activating group) is 1. The van der Waals surface area contributed by atoms with Crippen molar-refractivity contribution in [3.05, 3.63) is 0 Å². The molecule has 0 aromatic carbocycles. The molecule has 0 spiro atoms. The highest BCUT2D eigenvalue weighted by Gasteiger charge is 2.32. The van der Waals surface area contributed by atoms with E-state index < -0.39 is 12.7 Å². The minimum absolute atomic E-state index is 0.188. The van der Waals surface area contributed by atoms with Crippen LogP contribution in [0.15, 0.2) is 0 Å². The molecule has 2 unspecified atom stereocenters. The lowest BCUT2D eigenvalue weighted by Gasteiger charge is -2.32. The van der Waals surface area contributed by atoms with Crippen LogP contribution in [0.5, 0.6) is 0 Å². The number of hydrogen-bond acceptors (Lipinski definition) is 2. The summed E-state index contributed by atoms with van der Waals surface area (Å²) >= 11 is 0. The van der Waals surface area contributed by atoms with E-state index in [1.165, 1.54) is 11.9 Å². The Bertz CT molecular complexity index is 171. The van der Waals surface area contributed by atoms with Crippen molar-refractivity contribution < 1.29 is 13.2 Å². The van der Waals surface area contributed by atoms with Gasteiger partial charge in [-0.2, -0.15) is 13.2 Å². The molecule has 5 heteroatoms. The fraction of sp³-hybridized carbons (Fsp3) is 1.00. The Morgan fingerprint density at radius 3 is 2.20 bits per heavy atom. The van der Waals surface area contributed by atoms with Crippen molar-refractivity contribution in [2.45, 2.75) is 38.9 Å². The van der Waals surface area contributed by atoms with E-state index in [-0.39, 0.29) is 18.5 Å². The minimum Gasteiger partial charge on any atom is -0.329 e. The van der Waals surface area contributed by atoms with Gasteiger partial charge in [-0.3, -0.25) is 4.90 Å². The lowest BCUT2D eigenvalue weighted by atomic mass is 9.96. The molecule has 0 saturated heterocycles. The third-order valence-electron chi connectivity index (χ3n) is 2.64. The van der Waals surface area contributed by atoms with Gasteiger partial charge >= 0.3 is 6.18 Å². The molecule has 0 aliphatic heterocycles. The van der Waals surface area contributed by atoms with Crippen LogP contribution in [0, 0.1) is 5.92 Å². The molecule has 0 bridgehead atoms. The molecule has 2 nitrogen and oxygen atoms in total. The molecule has 0 fully saturated rings. The number of alkyl halides is 3. The molecule has 0 radical (unpaired) electrons. The molecule has 0 aliphatic carbocycles. The summed E-state index contributed by atoms with van der Waals surface area (Å²) in [5.41, 5.74) is 5.51. The Hall–Kier alpha value is -0.290. The maximum atomic E-state index is 12.2. The van der Waals surface area contributed by atoms with Crippen molar-refractivity contribution >= 4 is 0 Å². The first-order valence-corrected chi connectivity index (χ1v) is 5.28. The Labute approximate surface area is 89.6 Å². The largest absolute Gasteiger partial charge is 0.401 e. The van der Waals surface area contributed by atoms with Crippen LogP contribution >= 0.6 is 0 Å². The van der Waals surface area contributed by atoms with E-state index in [1.807, 2.05) is 13.8 Å². The first-order chi connectivity index (χ1) is 6.81. The number of hydrogen-bond donors (Lipinski definition) is 1. The first kappa shape index (κ1) is 14.7. The van der Waals surface area contributed by atoms with Crippen LogP contribution in [0.1, 0.15) is 26.7 Å². The minimum atomic E-state index is -4.14. The molecule has 15 heavy (non-hydrogen) atoms. The third kappa shape index (κ3) is 5.99. The highest BCUT2D eigenvalue weighted by Crippen LogP contribution is 2.20. The standard InChI is InChI=1S/C10H21F3N2/c1-4-5-8(2)9(6-14)15(3)7-10(11,12)13/h8-9H,4-7,14H2,1-3H3. The van der Waals surface area contributed by atoms with E-state index >= 15 is 0 Å². The predicted molar refractivity (Wildman–Crippen MR) is 55.6 cm³/mol. The molecule has 2 atom stereocenters. The highest BCUT2D eigenvalue weighted by atomic mass is 19.4. The summed E-state index contributed by atoms with van der Waals surface area (Å²) in [6.45, 7) is 3.36. The molecule has 0 aromatic rings. The third-order valence-corrected chi connectivity index (χ3v) is 2.64. The zero-order chi connectivity index (χ0) is 12.1. The van der Waals surface area contributed by atoms with E-state index in [1.54, 1.807) is 0 Å². The van der Waals surface area contributed by atoms with Crippen LogP contribution in [-0.2, 0) is 0 Å². The molecule has 2 N–H and O–H groups in total. The van der Waals surface area contributed by atoms with Crippen LogP contribution in [-0.4, -0.2) is 37.3 Å². The number of nitrogens with two attached hydrogens (primary N) is 1. The monoisotopic (exact) mass is 226 g/mol. The van der Waals surface area contributed by atoms with Gasteiger partial charge in [0, 0.05) is 12.6 Å². The summed E-state index contributed by atoms with van der Waals surface area (Å²) in [4.78, 5) is 1.31. The Morgan fingerprint density at radius 2 is 1.87 bits per heavy atom. The average molecular weight is 226 g/mol. The van der Waals surface area contributed by atoms with Gasteiger partial charge in [-0.1, -0.05) is 20.3 Å². The van der Waals surface area contributed by atoms with Gasteiger partial charge in [-0.15, -0.1) is 0 Å². The highest BCUT2D eigenvalue weighted by molar-refractivity contribution is 4.77. The fourth-order valence-corrected chi connectivity index (χ4v) is 1.89. The van der Waals surface area contributed by atoms with Gasteiger partial charge in [0.25, 0.3) is 0 Å². The molecule has 0 aliphatic rings. The molecule has 0 amide bonds. The smallest absolute Gasteiger partial charge is 0.329 e. The van der Waals surface area contributed by atoms with Gasteiger partial charge in [-0.05, 0) is 19.4 Å². The van der Waals surface area contributed by atoms with Crippen LogP contribution in [0.4, 0.5) is 13.2 Å². The summed E-state index contributed by atoms with van der Waals surface area (Å²) < 4.78 is 36.5.